The zero-order chi connectivity index (χ0) is 17.6. The average molecular weight is 340 g/mol. The Morgan fingerprint density at radius 2 is 1.54 bits per heavy atom. The summed E-state index contributed by atoms with van der Waals surface area (Å²) < 4.78 is 8.92. The predicted octanol–water partition coefficient (Wildman–Crippen LogP) is 5.07. The van der Waals surface area contributed by atoms with Crippen LogP contribution in [0.4, 0.5) is 0 Å². The molecule has 0 fully saturated rings. The molecule has 3 nitrogen and oxygen atoms in total. The summed E-state index contributed by atoms with van der Waals surface area (Å²) in [6, 6.07) is 29.2. The van der Waals surface area contributed by atoms with Crippen LogP contribution in [0.1, 0.15) is 30.1 Å². The highest BCUT2D eigenvalue weighted by Crippen LogP contribution is 2.45. The molecule has 0 spiro atoms. The molecule has 0 radical (unpaired) electrons. The fraction of sp³-hybridized carbons (Fsp3) is 0.174. The molecule has 1 aromatic heterocycles. The largest absolute Gasteiger partial charge is 0.339 e. The number of imidazole rings is 1. The minimum atomic E-state index is -0.471. The summed E-state index contributed by atoms with van der Waals surface area (Å²) in [5.41, 5.74) is 4.07. The average Bonchev–Trinajstić information content (AvgIpc) is 3.20. The quantitative estimate of drug-likeness (QED) is 0.520. The van der Waals surface area contributed by atoms with E-state index in [2.05, 4.69) is 78.2 Å². The molecule has 1 aliphatic rings. The Balaban J connectivity index is 1.68. The Bertz CT molecular complexity index is 1060. The lowest BCUT2D eigenvalue weighted by Crippen LogP contribution is -2.25. The van der Waals surface area contributed by atoms with Crippen molar-refractivity contribution in [2.75, 3.05) is 0 Å². The van der Waals surface area contributed by atoms with Gasteiger partial charge in [-0.15, -0.1) is 0 Å². The summed E-state index contributed by atoms with van der Waals surface area (Å²) >= 11 is 0. The SMILES string of the molecule is C[C@]1(Cc2ccccc2)O[C@H](c2ccccc2)n2c1nc1ccccc12. The van der Waals surface area contributed by atoms with Gasteiger partial charge in [0, 0.05) is 12.0 Å². The van der Waals surface area contributed by atoms with Gasteiger partial charge in [0.05, 0.1) is 11.0 Å². The Morgan fingerprint density at radius 1 is 0.885 bits per heavy atom. The number of aromatic nitrogens is 2. The summed E-state index contributed by atoms with van der Waals surface area (Å²) in [6.07, 6.45) is 0.632. The van der Waals surface area contributed by atoms with Crippen molar-refractivity contribution < 1.29 is 4.74 Å². The Morgan fingerprint density at radius 3 is 2.31 bits per heavy atom. The van der Waals surface area contributed by atoms with E-state index < -0.39 is 5.60 Å². The minimum absolute atomic E-state index is 0.160. The van der Waals surface area contributed by atoms with Gasteiger partial charge in [-0.1, -0.05) is 72.8 Å². The summed E-state index contributed by atoms with van der Waals surface area (Å²) in [4.78, 5) is 4.96. The monoisotopic (exact) mass is 340 g/mol. The highest BCUT2D eigenvalue weighted by molar-refractivity contribution is 5.76. The van der Waals surface area contributed by atoms with Gasteiger partial charge in [-0.05, 0) is 24.6 Å². The van der Waals surface area contributed by atoms with Crippen LogP contribution in [0.3, 0.4) is 0 Å². The summed E-state index contributed by atoms with van der Waals surface area (Å²) in [5, 5.41) is 0. The van der Waals surface area contributed by atoms with Crippen LogP contribution in [0.25, 0.3) is 11.0 Å². The maximum atomic E-state index is 6.66. The van der Waals surface area contributed by atoms with Gasteiger partial charge < -0.3 is 4.74 Å². The van der Waals surface area contributed by atoms with Crippen LogP contribution in [0.2, 0.25) is 0 Å². The first-order chi connectivity index (χ1) is 12.7. The van der Waals surface area contributed by atoms with E-state index >= 15 is 0 Å². The molecule has 128 valence electrons. The van der Waals surface area contributed by atoms with E-state index in [1.807, 2.05) is 18.2 Å². The van der Waals surface area contributed by atoms with Crippen LogP contribution >= 0.6 is 0 Å². The molecule has 1 aliphatic heterocycles. The first kappa shape index (κ1) is 15.4. The number of hydrogen-bond donors (Lipinski definition) is 0. The van der Waals surface area contributed by atoms with Crippen LogP contribution in [-0.4, -0.2) is 9.55 Å². The molecule has 5 rings (SSSR count). The van der Waals surface area contributed by atoms with Crippen molar-refractivity contribution in [1.29, 1.82) is 0 Å². The molecule has 0 saturated carbocycles. The zero-order valence-electron chi connectivity index (χ0n) is 14.7. The molecule has 3 aromatic carbocycles. The molecule has 2 atom stereocenters. The van der Waals surface area contributed by atoms with Crippen molar-refractivity contribution in [3.63, 3.8) is 0 Å². The van der Waals surface area contributed by atoms with E-state index in [1.54, 1.807) is 0 Å². The van der Waals surface area contributed by atoms with E-state index in [1.165, 1.54) is 5.56 Å². The van der Waals surface area contributed by atoms with Crippen LogP contribution in [-0.2, 0) is 16.8 Å². The normalized spacial score (nSPS) is 21.8. The van der Waals surface area contributed by atoms with Crippen molar-refractivity contribution >= 4 is 11.0 Å². The van der Waals surface area contributed by atoms with E-state index in [9.17, 15) is 0 Å². The lowest BCUT2D eigenvalue weighted by molar-refractivity contribution is -0.0616. The zero-order valence-corrected chi connectivity index (χ0v) is 14.7. The van der Waals surface area contributed by atoms with Crippen molar-refractivity contribution in [3.05, 3.63) is 102 Å². The standard InChI is InChI=1S/C23H20N2O/c1-23(16-17-10-4-2-5-11-17)22-24-19-14-8-9-15-20(19)25(22)21(26-23)18-12-6-3-7-13-18/h2-15,21H,16H2,1H3/t21-,23-/m1/s1. The minimum Gasteiger partial charge on any atom is -0.339 e. The molecule has 26 heavy (non-hydrogen) atoms. The Hall–Kier alpha value is -2.91. The number of para-hydroxylation sites is 2. The fourth-order valence-corrected chi connectivity index (χ4v) is 3.95. The topological polar surface area (TPSA) is 27.1 Å². The molecule has 0 amide bonds. The number of nitrogens with zero attached hydrogens (tertiary/aromatic N) is 2. The smallest absolute Gasteiger partial charge is 0.163 e. The van der Waals surface area contributed by atoms with Crippen molar-refractivity contribution in [2.24, 2.45) is 0 Å². The van der Waals surface area contributed by atoms with Crippen LogP contribution < -0.4 is 0 Å². The number of ether oxygens (including phenoxy) is 1. The fourth-order valence-electron chi connectivity index (χ4n) is 3.95. The molecule has 0 aliphatic carbocycles. The third-order valence-corrected chi connectivity index (χ3v) is 5.14. The molecule has 2 heterocycles. The Labute approximate surface area is 152 Å². The lowest BCUT2D eigenvalue weighted by Gasteiger charge is -2.24. The number of rotatable bonds is 3. The summed E-state index contributed by atoms with van der Waals surface area (Å²) in [5.74, 6) is 0.997. The second-order valence-electron chi connectivity index (χ2n) is 7.07. The summed E-state index contributed by atoms with van der Waals surface area (Å²) in [6.45, 7) is 2.15. The number of hydrogen-bond acceptors (Lipinski definition) is 2. The maximum absolute atomic E-state index is 6.66. The van der Waals surface area contributed by atoms with E-state index in [4.69, 9.17) is 9.72 Å². The number of fused-ring (bicyclic) bond motifs is 3. The van der Waals surface area contributed by atoms with Crippen LogP contribution in [0.5, 0.6) is 0 Å². The number of benzene rings is 3. The van der Waals surface area contributed by atoms with Crippen molar-refractivity contribution in [2.45, 2.75) is 25.2 Å². The van der Waals surface area contributed by atoms with Crippen molar-refractivity contribution in [3.8, 4) is 0 Å². The highest BCUT2D eigenvalue weighted by Gasteiger charge is 2.44. The van der Waals surface area contributed by atoms with Gasteiger partial charge >= 0.3 is 0 Å². The molecule has 0 bridgehead atoms. The van der Waals surface area contributed by atoms with E-state index in [0.717, 1.165) is 28.8 Å². The van der Waals surface area contributed by atoms with Gasteiger partial charge in [-0.3, -0.25) is 4.57 Å². The molecule has 3 heteroatoms. The highest BCUT2D eigenvalue weighted by atomic mass is 16.5. The van der Waals surface area contributed by atoms with Gasteiger partial charge in [0.1, 0.15) is 11.4 Å². The first-order valence-corrected chi connectivity index (χ1v) is 8.99. The molecular weight excluding hydrogens is 320 g/mol. The van der Waals surface area contributed by atoms with Gasteiger partial charge in [0.2, 0.25) is 0 Å². The molecule has 0 N–H and O–H groups in total. The summed E-state index contributed by atoms with van der Waals surface area (Å²) in [7, 11) is 0. The van der Waals surface area contributed by atoms with Crippen LogP contribution in [0, 0.1) is 0 Å². The van der Waals surface area contributed by atoms with Crippen LogP contribution in [0.15, 0.2) is 84.9 Å². The second-order valence-corrected chi connectivity index (χ2v) is 7.07. The van der Waals surface area contributed by atoms with E-state index in [-0.39, 0.29) is 6.23 Å². The van der Waals surface area contributed by atoms with Crippen molar-refractivity contribution in [1.82, 2.24) is 9.55 Å². The lowest BCUT2D eigenvalue weighted by atomic mass is 9.96. The van der Waals surface area contributed by atoms with Gasteiger partial charge in [0.15, 0.2) is 6.23 Å². The molecular formula is C23H20N2O. The first-order valence-electron chi connectivity index (χ1n) is 8.99. The third-order valence-electron chi connectivity index (χ3n) is 5.14. The third kappa shape index (κ3) is 2.36. The van der Waals surface area contributed by atoms with Gasteiger partial charge in [0.25, 0.3) is 0 Å². The molecule has 0 saturated heterocycles. The second kappa shape index (κ2) is 5.82. The van der Waals surface area contributed by atoms with Gasteiger partial charge in [-0.25, -0.2) is 4.98 Å². The molecule has 4 aromatic rings. The maximum Gasteiger partial charge on any atom is 0.163 e. The Kier molecular flexibility index (Phi) is 3.44. The van der Waals surface area contributed by atoms with Gasteiger partial charge in [-0.2, -0.15) is 0 Å². The molecule has 0 unspecified atom stereocenters. The van der Waals surface area contributed by atoms with E-state index in [0.29, 0.717) is 0 Å². The predicted molar refractivity (Wildman–Crippen MR) is 103 cm³/mol.